The first-order chi connectivity index (χ1) is 13.8. The van der Waals surface area contributed by atoms with Crippen LogP contribution in [0.25, 0.3) is 0 Å². The topological polar surface area (TPSA) is 92.8 Å². The molecule has 1 amide bonds. The molecule has 1 atom stereocenters. The van der Waals surface area contributed by atoms with E-state index in [0.717, 1.165) is 38.5 Å². The number of hydrogen-bond acceptors (Lipinski definition) is 5. The number of nitrogens with zero attached hydrogens (tertiary/aromatic N) is 1. The predicted molar refractivity (Wildman–Crippen MR) is 109 cm³/mol. The number of piperidine rings is 1. The Morgan fingerprint density at radius 1 is 1.07 bits per heavy atom. The van der Waals surface area contributed by atoms with Crippen molar-refractivity contribution in [2.75, 3.05) is 13.1 Å². The fraction of sp³-hybridized carbons (Fsp3) is 0.619. The van der Waals surface area contributed by atoms with Gasteiger partial charge in [-0.15, -0.1) is 0 Å². The second-order valence-corrected chi connectivity index (χ2v) is 10.1. The molecule has 1 aliphatic carbocycles. The molecular weight excluding hydrogens is 392 g/mol. The van der Waals surface area contributed by atoms with E-state index in [1.165, 1.54) is 28.6 Å². The summed E-state index contributed by atoms with van der Waals surface area (Å²) in [6, 6.07) is 5.87. The normalized spacial score (nSPS) is 20.3. The summed E-state index contributed by atoms with van der Waals surface area (Å²) in [5, 5.41) is 2.90. The smallest absolute Gasteiger partial charge is 0.338 e. The number of hydrogen-bond donors (Lipinski definition) is 1. The molecule has 29 heavy (non-hydrogen) atoms. The molecule has 1 heterocycles. The summed E-state index contributed by atoms with van der Waals surface area (Å²) in [6.07, 6.45) is 4.92. The van der Waals surface area contributed by atoms with Gasteiger partial charge in [-0.2, -0.15) is 4.31 Å². The second kappa shape index (κ2) is 9.26. The van der Waals surface area contributed by atoms with Crippen LogP contribution in [0.2, 0.25) is 0 Å². The molecule has 1 aliphatic heterocycles. The number of amides is 1. The molecule has 0 radical (unpaired) electrons. The van der Waals surface area contributed by atoms with Crippen LogP contribution in [0, 0.1) is 5.92 Å². The molecule has 2 aliphatic rings. The van der Waals surface area contributed by atoms with Gasteiger partial charge in [-0.1, -0.05) is 19.8 Å². The molecule has 160 valence electrons. The zero-order valence-electron chi connectivity index (χ0n) is 17.1. The van der Waals surface area contributed by atoms with Gasteiger partial charge < -0.3 is 10.1 Å². The van der Waals surface area contributed by atoms with Crippen molar-refractivity contribution in [1.29, 1.82) is 0 Å². The molecule has 2 fully saturated rings. The molecule has 3 rings (SSSR count). The van der Waals surface area contributed by atoms with E-state index in [1.54, 1.807) is 6.92 Å². The molecule has 0 bridgehead atoms. The summed E-state index contributed by atoms with van der Waals surface area (Å²) < 4.78 is 32.3. The van der Waals surface area contributed by atoms with Crippen molar-refractivity contribution in [3.05, 3.63) is 29.8 Å². The van der Waals surface area contributed by atoms with Crippen molar-refractivity contribution >= 4 is 21.9 Å². The summed E-state index contributed by atoms with van der Waals surface area (Å²) in [4.78, 5) is 24.7. The van der Waals surface area contributed by atoms with Gasteiger partial charge in [0.2, 0.25) is 10.0 Å². The van der Waals surface area contributed by atoms with E-state index in [0.29, 0.717) is 19.0 Å². The van der Waals surface area contributed by atoms with Crippen molar-refractivity contribution in [3.63, 3.8) is 0 Å². The first-order valence-corrected chi connectivity index (χ1v) is 11.8. The lowest BCUT2D eigenvalue weighted by molar-refractivity contribution is -0.129. The summed E-state index contributed by atoms with van der Waals surface area (Å²) >= 11 is 0. The molecule has 0 spiro atoms. The average Bonchev–Trinajstić information content (AvgIpc) is 3.21. The summed E-state index contributed by atoms with van der Waals surface area (Å²) in [7, 11) is -3.56. The van der Waals surface area contributed by atoms with Gasteiger partial charge in [0.05, 0.1) is 10.5 Å². The molecule has 1 N–H and O–H groups in total. The van der Waals surface area contributed by atoms with Crippen LogP contribution in [-0.2, 0) is 19.6 Å². The molecular formula is C21H30N2O5S. The Hall–Kier alpha value is -1.93. The Morgan fingerprint density at radius 3 is 2.24 bits per heavy atom. The molecule has 0 unspecified atom stereocenters. The number of nitrogens with one attached hydrogen (secondary N) is 1. The van der Waals surface area contributed by atoms with E-state index in [2.05, 4.69) is 12.2 Å². The standard InChI is InChI=1S/C21H30N2O5S/c1-15-11-13-23(14-12-15)29(26,27)19-9-7-17(8-10-19)21(25)28-16(2)20(24)22-18-5-3-4-6-18/h7-10,15-16,18H,3-6,11-14H2,1-2H3,(H,22,24)/t16-/m0/s1. The Bertz CT molecular complexity index is 823. The van der Waals surface area contributed by atoms with Crippen LogP contribution in [0.5, 0.6) is 0 Å². The SMILES string of the molecule is CC1CCN(S(=O)(=O)c2ccc(C(=O)O[C@@H](C)C(=O)NC3CCCC3)cc2)CC1. The van der Waals surface area contributed by atoms with E-state index < -0.39 is 22.1 Å². The highest BCUT2D eigenvalue weighted by Gasteiger charge is 2.28. The van der Waals surface area contributed by atoms with Crippen molar-refractivity contribution in [3.8, 4) is 0 Å². The maximum atomic E-state index is 12.8. The molecule has 1 saturated heterocycles. The third-order valence-corrected chi connectivity index (χ3v) is 7.74. The predicted octanol–water partition coefficient (Wildman–Crippen LogP) is 2.71. The van der Waals surface area contributed by atoms with Gasteiger partial charge in [-0.05, 0) is 62.8 Å². The van der Waals surface area contributed by atoms with Crippen LogP contribution in [0.15, 0.2) is 29.2 Å². The molecule has 1 saturated carbocycles. The van der Waals surface area contributed by atoms with E-state index in [4.69, 9.17) is 4.74 Å². The fourth-order valence-electron chi connectivity index (χ4n) is 3.81. The number of carbonyl (C=O) groups is 2. The number of carbonyl (C=O) groups excluding carboxylic acids is 2. The number of ether oxygens (including phenoxy) is 1. The van der Waals surface area contributed by atoms with Crippen molar-refractivity contribution in [1.82, 2.24) is 9.62 Å². The number of esters is 1. The van der Waals surface area contributed by atoms with E-state index >= 15 is 0 Å². The highest BCUT2D eigenvalue weighted by atomic mass is 32.2. The van der Waals surface area contributed by atoms with Crippen molar-refractivity contribution in [2.45, 2.75) is 69.4 Å². The van der Waals surface area contributed by atoms with Crippen molar-refractivity contribution < 1.29 is 22.7 Å². The largest absolute Gasteiger partial charge is 0.449 e. The maximum absolute atomic E-state index is 12.8. The van der Waals surface area contributed by atoms with E-state index in [1.807, 2.05) is 0 Å². The minimum atomic E-state index is -3.56. The van der Waals surface area contributed by atoms with E-state index in [9.17, 15) is 18.0 Å². The number of rotatable bonds is 6. The van der Waals surface area contributed by atoms with Crippen LogP contribution >= 0.6 is 0 Å². The number of sulfonamides is 1. The van der Waals surface area contributed by atoms with Crippen LogP contribution < -0.4 is 5.32 Å². The average molecular weight is 423 g/mol. The van der Waals surface area contributed by atoms with Gasteiger partial charge in [0, 0.05) is 19.1 Å². The van der Waals surface area contributed by atoms with Crippen LogP contribution in [0.4, 0.5) is 0 Å². The lowest BCUT2D eigenvalue weighted by Crippen LogP contribution is -2.40. The van der Waals surface area contributed by atoms with Crippen LogP contribution in [-0.4, -0.2) is 49.8 Å². The minimum absolute atomic E-state index is 0.158. The highest BCUT2D eigenvalue weighted by Crippen LogP contribution is 2.24. The van der Waals surface area contributed by atoms with Crippen LogP contribution in [0.1, 0.15) is 62.7 Å². The quantitative estimate of drug-likeness (QED) is 0.712. The van der Waals surface area contributed by atoms with E-state index in [-0.39, 0.29) is 22.4 Å². The summed E-state index contributed by atoms with van der Waals surface area (Å²) in [5.74, 6) is -0.412. The lowest BCUT2D eigenvalue weighted by Gasteiger charge is -2.29. The summed E-state index contributed by atoms with van der Waals surface area (Å²) in [6.45, 7) is 4.69. The van der Waals surface area contributed by atoms with Gasteiger partial charge >= 0.3 is 5.97 Å². The van der Waals surface area contributed by atoms with Crippen molar-refractivity contribution in [2.24, 2.45) is 5.92 Å². The lowest BCUT2D eigenvalue weighted by atomic mass is 10.0. The van der Waals surface area contributed by atoms with Gasteiger partial charge in [-0.3, -0.25) is 4.79 Å². The fourth-order valence-corrected chi connectivity index (χ4v) is 5.28. The Morgan fingerprint density at radius 2 is 1.66 bits per heavy atom. The molecule has 8 heteroatoms. The maximum Gasteiger partial charge on any atom is 0.338 e. The Balaban J connectivity index is 1.58. The monoisotopic (exact) mass is 422 g/mol. The molecule has 1 aromatic carbocycles. The van der Waals surface area contributed by atoms with Gasteiger partial charge in [-0.25, -0.2) is 13.2 Å². The van der Waals surface area contributed by atoms with Gasteiger partial charge in [0.1, 0.15) is 0 Å². The summed E-state index contributed by atoms with van der Waals surface area (Å²) in [5.41, 5.74) is 0.219. The minimum Gasteiger partial charge on any atom is -0.449 e. The third kappa shape index (κ3) is 5.36. The van der Waals surface area contributed by atoms with Gasteiger partial charge in [0.25, 0.3) is 5.91 Å². The first kappa shape index (κ1) is 21.8. The Labute approximate surface area is 172 Å². The highest BCUT2D eigenvalue weighted by molar-refractivity contribution is 7.89. The zero-order valence-corrected chi connectivity index (χ0v) is 17.9. The number of benzene rings is 1. The molecule has 0 aromatic heterocycles. The second-order valence-electron chi connectivity index (χ2n) is 8.15. The van der Waals surface area contributed by atoms with Gasteiger partial charge in [0.15, 0.2) is 6.10 Å². The molecule has 1 aromatic rings. The first-order valence-electron chi connectivity index (χ1n) is 10.4. The Kier molecular flexibility index (Phi) is 6.95. The zero-order chi connectivity index (χ0) is 21.0. The third-order valence-electron chi connectivity index (χ3n) is 5.82. The molecule has 7 nitrogen and oxygen atoms in total. The van der Waals surface area contributed by atoms with Crippen LogP contribution in [0.3, 0.4) is 0 Å².